The Morgan fingerprint density at radius 2 is 1.89 bits per heavy atom. The fraction of sp³-hybridized carbons (Fsp3) is 0.500. The Labute approximate surface area is 113 Å². The van der Waals surface area contributed by atoms with Crippen LogP contribution in [0.5, 0.6) is 5.75 Å². The molecule has 1 aromatic carbocycles. The molecule has 0 atom stereocenters. The summed E-state index contributed by atoms with van der Waals surface area (Å²) in [4.78, 5) is 11.6. The third-order valence-corrected chi connectivity index (χ3v) is 3.11. The van der Waals surface area contributed by atoms with Gasteiger partial charge >= 0.3 is 5.97 Å². The van der Waals surface area contributed by atoms with Gasteiger partial charge in [-0.1, -0.05) is 11.6 Å². The van der Waals surface area contributed by atoms with E-state index in [1.54, 1.807) is 12.1 Å². The minimum Gasteiger partial charge on any atom is -0.427 e. The Bertz CT molecular complexity index is 392. The maximum Gasteiger partial charge on any atom is 0.311 e. The lowest BCUT2D eigenvalue weighted by molar-refractivity contribution is -0.134. The van der Waals surface area contributed by atoms with E-state index in [0.717, 1.165) is 11.1 Å². The van der Waals surface area contributed by atoms with Gasteiger partial charge in [-0.15, -0.1) is 0 Å². The molecule has 100 valence electrons. The average Bonchev–Trinajstić information content (AvgIpc) is 2.31. The zero-order chi connectivity index (χ0) is 13.5. The lowest BCUT2D eigenvalue weighted by Gasteiger charge is -2.08. The molecule has 0 fully saturated rings. The Balaban J connectivity index is 2.49. The molecule has 4 heteroatoms. The number of ether oxygens (including phenoxy) is 2. The maximum atomic E-state index is 11.6. The van der Waals surface area contributed by atoms with Crippen molar-refractivity contribution in [3.63, 3.8) is 0 Å². The predicted molar refractivity (Wildman–Crippen MR) is 72.3 cm³/mol. The van der Waals surface area contributed by atoms with Crippen LogP contribution >= 0.6 is 11.6 Å². The van der Waals surface area contributed by atoms with Crippen LogP contribution in [0.2, 0.25) is 5.02 Å². The molecule has 1 aromatic rings. The maximum absolute atomic E-state index is 11.6. The largest absolute Gasteiger partial charge is 0.427 e. The number of halogens is 1. The van der Waals surface area contributed by atoms with Gasteiger partial charge in [-0.05, 0) is 50.5 Å². The summed E-state index contributed by atoms with van der Waals surface area (Å²) in [5.41, 5.74) is 1.82. The van der Waals surface area contributed by atoms with E-state index in [-0.39, 0.29) is 5.97 Å². The van der Waals surface area contributed by atoms with Crippen LogP contribution in [0.25, 0.3) is 0 Å². The highest BCUT2D eigenvalue weighted by atomic mass is 35.5. The third-order valence-electron chi connectivity index (χ3n) is 2.52. The van der Waals surface area contributed by atoms with E-state index >= 15 is 0 Å². The first kappa shape index (κ1) is 15.0. The molecule has 0 spiro atoms. The van der Waals surface area contributed by atoms with Gasteiger partial charge in [-0.25, -0.2) is 0 Å². The zero-order valence-corrected chi connectivity index (χ0v) is 11.8. The number of rotatable bonds is 6. The van der Waals surface area contributed by atoms with Crippen molar-refractivity contribution in [2.75, 3.05) is 13.2 Å². The van der Waals surface area contributed by atoms with Crippen molar-refractivity contribution in [3.05, 3.63) is 28.3 Å². The van der Waals surface area contributed by atoms with Crippen LogP contribution in [0.1, 0.15) is 30.9 Å². The van der Waals surface area contributed by atoms with E-state index in [0.29, 0.717) is 36.8 Å². The van der Waals surface area contributed by atoms with Gasteiger partial charge in [0.2, 0.25) is 0 Å². The predicted octanol–water partition coefficient (Wildman–Crippen LogP) is 3.68. The van der Waals surface area contributed by atoms with Crippen molar-refractivity contribution in [2.24, 2.45) is 0 Å². The summed E-state index contributed by atoms with van der Waals surface area (Å²) < 4.78 is 10.4. The Hall–Kier alpha value is -1.06. The second-order valence-electron chi connectivity index (χ2n) is 4.15. The summed E-state index contributed by atoms with van der Waals surface area (Å²) in [6, 6.07) is 3.55. The number of esters is 1. The Kier molecular flexibility index (Phi) is 6.16. The quantitative estimate of drug-likeness (QED) is 0.449. The number of aryl methyl sites for hydroxylation is 2. The van der Waals surface area contributed by atoms with Gasteiger partial charge in [-0.2, -0.15) is 0 Å². The second kappa shape index (κ2) is 7.39. The highest BCUT2D eigenvalue weighted by molar-refractivity contribution is 6.32. The van der Waals surface area contributed by atoms with Gasteiger partial charge in [0.15, 0.2) is 0 Å². The zero-order valence-electron chi connectivity index (χ0n) is 11.1. The van der Waals surface area contributed by atoms with Crippen molar-refractivity contribution in [2.45, 2.75) is 33.6 Å². The third kappa shape index (κ3) is 4.67. The highest BCUT2D eigenvalue weighted by Gasteiger charge is 2.08. The number of hydrogen-bond acceptors (Lipinski definition) is 3. The van der Waals surface area contributed by atoms with E-state index in [1.165, 1.54) is 0 Å². The SMILES string of the molecule is CCOCCCC(=O)Oc1cc(C)c(Cl)c(C)c1. The van der Waals surface area contributed by atoms with E-state index in [1.807, 2.05) is 20.8 Å². The number of hydrogen-bond donors (Lipinski definition) is 0. The lowest BCUT2D eigenvalue weighted by atomic mass is 10.1. The van der Waals surface area contributed by atoms with Gasteiger partial charge in [0.05, 0.1) is 0 Å². The van der Waals surface area contributed by atoms with Crippen molar-refractivity contribution >= 4 is 17.6 Å². The van der Waals surface area contributed by atoms with Crippen molar-refractivity contribution in [1.82, 2.24) is 0 Å². The molecular weight excluding hydrogens is 252 g/mol. The van der Waals surface area contributed by atoms with Gasteiger partial charge in [0.25, 0.3) is 0 Å². The average molecular weight is 271 g/mol. The molecule has 18 heavy (non-hydrogen) atoms. The fourth-order valence-corrected chi connectivity index (χ4v) is 1.72. The van der Waals surface area contributed by atoms with E-state index in [2.05, 4.69) is 0 Å². The fourth-order valence-electron chi connectivity index (χ4n) is 1.61. The Morgan fingerprint density at radius 3 is 2.44 bits per heavy atom. The topological polar surface area (TPSA) is 35.5 Å². The van der Waals surface area contributed by atoms with Gasteiger partial charge < -0.3 is 9.47 Å². The molecule has 0 aliphatic carbocycles. The van der Waals surface area contributed by atoms with Crippen molar-refractivity contribution < 1.29 is 14.3 Å². The van der Waals surface area contributed by atoms with Crippen LogP contribution in [0.3, 0.4) is 0 Å². The standard InChI is InChI=1S/C14H19ClO3/c1-4-17-7-5-6-13(16)18-12-8-10(2)14(15)11(3)9-12/h8-9H,4-7H2,1-3H3. The molecule has 0 N–H and O–H groups in total. The summed E-state index contributed by atoms with van der Waals surface area (Å²) in [6.45, 7) is 6.97. The summed E-state index contributed by atoms with van der Waals surface area (Å²) >= 11 is 6.05. The van der Waals surface area contributed by atoms with Crippen molar-refractivity contribution in [1.29, 1.82) is 0 Å². The molecule has 3 nitrogen and oxygen atoms in total. The molecule has 0 aliphatic rings. The number of carbonyl (C=O) groups is 1. The first-order valence-electron chi connectivity index (χ1n) is 6.09. The molecule has 0 heterocycles. The van der Waals surface area contributed by atoms with Crippen LogP contribution in [0, 0.1) is 13.8 Å². The molecule has 0 amide bonds. The molecular formula is C14H19ClO3. The van der Waals surface area contributed by atoms with Crippen LogP contribution < -0.4 is 4.74 Å². The van der Waals surface area contributed by atoms with E-state index < -0.39 is 0 Å². The minimum absolute atomic E-state index is 0.240. The van der Waals surface area contributed by atoms with E-state index in [4.69, 9.17) is 21.1 Å². The molecule has 0 radical (unpaired) electrons. The summed E-state index contributed by atoms with van der Waals surface area (Å²) in [5, 5.41) is 0.714. The molecule has 0 saturated carbocycles. The number of benzene rings is 1. The summed E-state index contributed by atoms with van der Waals surface area (Å²) in [6.07, 6.45) is 1.04. The highest BCUT2D eigenvalue weighted by Crippen LogP contribution is 2.26. The van der Waals surface area contributed by atoms with Gasteiger partial charge in [0, 0.05) is 24.7 Å². The molecule has 0 aromatic heterocycles. The molecule has 0 bridgehead atoms. The normalized spacial score (nSPS) is 10.4. The van der Waals surface area contributed by atoms with E-state index in [9.17, 15) is 4.79 Å². The number of carbonyl (C=O) groups excluding carboxylic acids is 1. The molecule has 0 aliphatic heterocycles. The minimum atomic E-state index is -0.240. The first-order chi connectivity index (χ1) is 8.54. The molecule has 0 saturated heterocycles. The van der Waals surface area contributed by atoms with Crippen LogP contribution in [-0.4, -0.2) is 19.2 Å². The monoisotopic (exact) mass is 270 g/mol. The lowest BCUT2D eigenvalue weighted by Crippen LogP contribution is -2.09. The van der Waals surface area contributed by atoms with Crippen LogP contribution in [0.15, 0.2) is 12.1 Å². The summed E-state index contributed by atoms with van der Waals surface area (Å²) in [7, 11) is 0. The first-order valence-corrected chi connectivity index (χ1v) is 6.47. The van der Waals surface area contributed by atoms with Gasteiger partial charge in [-0.3, -0.25) is 4.79 Å². The smallest absolute Gasteiger partial charge is 0.311 e. The summed E-state index contributed by atoms with van der Waals surface area (Å²) in [5.74, 6) is 0.312. The Morgan fingerprint density at radius 1 is 1.28 bits per heavy atom. The molecule has 0 unspecified atom stereocenters. The molecule has 1 rings (SSSR count). The van der Waals surface area contributed by atoms with Gasteiger partial charge in [0.1, 0.15) is 5.75 Å². The van der Waals surface area contributed by atoms with Crippen LogP contribution in [-0.2, 0) is 9.53 Å². The van der Waals surface area contributed by atoms with Crippen LogP contribution in [0.4, 0.5) is 0 Å². The van der Waals surface area contributed by atoms with Crippen molar-refractivity contribution in [3.8, 4) is 5.75 Å². The second-order valence-corrected chi connectivity index (χ2v) is 4.52.